The monoisotopic (exact) mass is 211 g/mol. The minimum Gasteiger partial charge on any atom is -0.481 e. The van der Waals surface area contributed by atoms with Gasteiger partial charge in [0.1, 0.15) is 0 Å². The number of aliphatic carboxylic acids is 1. The highest BCUT2D eigenvalue weighted by molar-refractivity contribution is 5.75. The molecule has 0 spiro atoms. The number of nitrogens with zero attached hydrogens (tertiary/aromatic N) is 1. The van der Waals surface area contributed by atoms with Crippen LogP contribution in [0.2, 0.25) is 0 Å². The van der Waals surface area contributed by atoms with E-state index in [1.807, 2.05) is 0 Å². The molecule has 0 radical (unpaired) electrons. The Morgan fingerprint density at radius 2 is 2.20 bits per heavy atom. The first-order valence-electron chi connectivity index (χ1n) is 5.87. The van der Waals surface area contributed by atoms with Crippen molar-refractivity contribution >= 4 is 5.97 Å². The van der Waals surface area contributed by atoms with Crippen molar-refractivity contribution in [2.24, 2.45) is 17.3 Å². The van der Waals surface area contributed by atoms with Gasteiger partial charge in [-0.2, -0.15) is 0 Å². The summed E-state index contributed by atoms with van der Waals surface area (Å²) in [5, 5.41) is 9.09. The highest BCUT2D eigenvalue weighted by atomic mass is 16.4. The highest BCUT2D eigenvalue weighted by Crippen LogP contribution is 2.60. The molecule has 0 aromatic heterocycles. The minimum absolute atomic E-state index is 0.0231. The summed E-state index contributed by atoms with van der Waals surface area (Å²) in [4.78, 5) is 13.4. The molecule has 1 heterocycles. The van der Waals surface area contributed by atoms with E-state index < -0.39 is 5.97 Å². The summed E-state index contributed by atoms with van der Waals surface area (Å²) in [6.45, 7) is 5.35. The van der Waals surface area contributed by atoms with E-state index in [4.69, 9.17) is 5.11 Å². The zero-order chi connectivity index (χ0) is 11.2. The summed E-state index contributed by atoms with van der Waals surface area (Å²) in [5.41, 5.74) is 0.0231. The van der Waals surface area contributed by atoms with Crippen molar-refractivity contribution in [3.8, 4) is 0 Å². The largest absolute Gasteiger partial charge is 0.481 e. The second-order valence-corrected chi connectivity index (χ2v) is 5.76. The van der Waals surface area contributed by atoms with Crippen molar-refractivity contribution in [2.75, 3.05) is 13.6 Å². The number of rotatable bonds is 3. The van der Waals surface area contributed by atoms with E-state index in [1.165, 1.54) is 19.4 Å². The molecule has 1 aliphatic heterocycles. The van der Waals surface area contributed by atoms with E-state index in [0.717, 1.165) is 6.42 Å². The van der Waals surface area contributed by atoms with Crippen LogP contribution in [-0.4, -0.2) is 35.6 Å². The second-order valence-electron chi connectivity index (χ2n) is 5.76. The van der Waals surface area contributed by atoms with E-state index in [9.17, 15) is 4.79 Å². The summed E-state index contributed by atoms with van der Waals surface area (Å²) in [6, 6.07) is 0.624. The van der Waals surface area contributed by atoms with Gasteiger partial charge in [0.25, 0.3) is 0 Å². The molecule has 86 valence electrons. The van der Waals surface area contributed by atoms with Gasteiger partial charge >= 0.3 is 5.97 Å². The quantitative estimate of drug-likeness (QED) is 0.774. The zero-order valence-electron chi connectivity index (χ0n) is 9.86. The van der Waals surface area contributed by atoms with Crippen LogP contribution >= 0.6 is 0 Å². The third kappa shape index (κ3) is 1.78. The summed E-state index contributed by atoms with van der Waals surface area (Å²) in [5.74, 6) is -0.322. The van der Waals surface area contributed by atoms with E-state index in [0.29, 0.717) is 12.0 Å². The third-order valence-electron chi connectivity index (χ3n) is 4.51. The Morgan fingerprint density at radius 1 is 1.53 bits per heavy atom. The van der Waals surface area contributed by atoms with Gasteiger partial charge < -0.3 is 10.0 Å². The molecule has 3 heteroatoms. The standard InChI is InChI=1S/C12H21NO2/c1-12(2)9(10(12)11(14)15)7-8-5-4-6-13(8)3/h8-10H,4-7H2,1-3H3,(H,14,15)/t8?,9-,10+/m0/s1. The maximum absolute atomic E-state index is 11.0. The lowest BCUT2D eigenvalue weighted by Gasteiger charge is -2.19. The van der Waals surface area contributed by atoms with Crippen molar-refractivity contribution < 1.29 is 9.90 Å². The number of hydrogen-bond acceptors (Lipinski definition) is 2. The van der Waals surface area contributed by atoms with Gasteiger partial charge in [0.05, 0.1) is 5.92 Å². The van der Waals surface area contributed by atoms with E-state index in [2.05, 4.69) is 25.8 Å². The Kier molecular flexibility index (Phi) is 2.53. The fourth-order valence-corrected chi connectivity index (χ4v) is 3.24. The van der Waals surface area contributed by atoms with Gasteiger partial charge in [0, 0.05) is 6.04 Å². The van der Waals surface area contributed by atoms with Crippen LogP contribution in [0, 0.1) is 17.3 Å². The molecule has 3 nitrogen and oxygen atoms in total. The lowest BCUT2D eigenvalue weighted by atomic mass is 10.0. The molecule has 3 atom stereocenters. The molecule has 1 unspecified atom stereocenters. The first kappa shape index (κ1) is 10.9. The maximum Gasteiger partial charge on any atom is 0.307 e. The highest BCUT2D eigenvalue weighted by Gasteiger charge is 2.62. The van der Waals surface area contributed by atoms with E-state index in [-0.39, 0.29) is 11.3 Å². The lowest BCUT2D eigenvalue weighted by molar-refractivity contribution is -0.139. The molecule has 0 aromatic rings. The zero-order valence-corrected chi connectivity index (χ0v) is 9.86. The Hall–Kier alpha value is -0.570. The molecule has 0 amide bonds. The van der Waals surface area contributed by atoms with Gasteiger partial charge in [-0.05, 0) is 44.2 Å². The molecule has 1 aliphatic carbocycles. The van der Waals surface area contributed by atoms with E-state index >= 15 is 0 Å². The molecular weight excluding hydrogens is 190 g/mol. The number of carbonyl (C=O) groups is 1. The second kappa shape index (κ2) is 3.48. The van der Waals surface area contributed by atoms with Crippen molar-refractivity contribution in [1.29, 1.82) is 0 Å². The first-order valence-corrected chi connectivity index (χ1v) is 5.87. The van der Waals surface area contributed by atoms with Crippen molar-refractivity contribution in [3.05, 3.63) is 0 Å². The topological polar surface area (TPSA) is 40.5 Å². The molecular formula is C12H21NO2. The van der Waals surface area contributed by atoms with Crippen LogP contribution in [0.1, 0.15) is 33.1 Å². The third-order valence-corrected chi connectivity index (χ3v) is 4.51. The average Bonchev–Trinajstić information content (AvgIpc) is 2.47. The van der Waals surface area contributed by atoms with Crippen molar-refractivity contribution in [3.63, 3.8) is 0 Å². The molecule has 0 aromatic carbocycles. The van der Waals surface area contributed by atoms with Gasteiger partial charge in [0.2, 0.25) is 0 Å². The number of hydrogen-bond donors (Lipinski definition) is 1. The molecule has 1 N–H and O–H groups in total. The molecule has 15 heavy (non-hydrogen) atoms. The van der Waals surface area contributed by atoms with E-state index in [1.54, 1.807) is 0 Å². The predicted molar refractivity (Wildman–Crippen MR) is 58.7 cm³/mol. The van der Waals surface area contributed by atoms with Crippen molar-refractivity contribution in [1.82, 2.24) is 4.90 Å². The Bertz CT molecular complexity index is 275. The Labute approximate surface area is 91.5 Å². The fraction of sp³-hybridized carbons (Fsp3) is 0.917. The van der Waals surface area contributed by atoms with Gasteiger partial charge in [-0.15, -0.1) is 0 Å². The summed E-state index contributed by atoms with van der Waals surface area (Å²) >= 11 is 0. The van der Waals surface area contributed by atoms with Gasteiger partial charge in [-0.3, -0.25) is 4.79 Å². The number of carboxylic acid groups (broad SMARTS) is 1. The summed E-state index contributed by atoms with van der Waals surface area (Å²) in [6.07, 6.45) is 3.59. The van der Waals surface area contributed by atoms with Crippen molar-refractivity contribution in [2.45, 2.75) is 39.2 Å². The fourth-order valence-electron chi connectivity index (χ4n) is 3.24. The van der Waals surface area contributed by atoms with Crippen LogP contribution < -0.4 is 0 Å². The van der Waals surface area contributed by atoms with Crippen LogP contribution in [0.3, 0.4) is 0 Å². The van der Waals surface area contributed by atoms with Crippen LogP contribution in [0.4, 0.5) is 0 Å². The number of carboxylic acids is 1. The molecule has 0 bridgehead atoms. The van der Waals surface area contributed by atoms with Crippen LogP contribution in [0.15, 0.2) is 0 Å². The van der Waals surface area contributed by atoms with Crippen LogP contribution in [0.5, 0.6) is 0 Å². The van der Waals surface area contributed by atoms with Crippen LogP contribution in [0.25, 0.3) is 0 Å². The van der Waals surface area contributed by atoms with Gasteiger partial charge in [-0.1, -0.05) is 13.8 Å². The minimum atomic E-state index is -0.606. The normalized spacial score (nSPS) is 39.3. The van der Waals surface area contributed by atoms with Gasteiger partial charge in [0.15, 0.2) is 0 Å². The predicted octanol–water partition coefficient (Wildman–Crippen LogP) is 1.83. The van der Waals surface area contributed by atoms with Gasteiger partial charge in [-0.25, -0.2) is 0 Å². The lowest BCUT2D eigenvalue weighted by Crippen LogP contribution is -2.25. The molecule has 1 saturated heterocycles. The first-order chi connectivity index (χ1) is 6.94. The Balaban J connectivity index is 1.94. The maximum atomic E-state index is 11.0. The SMILES string of the molecule is CN1CCCC1C[C@H]1[C@H](C(=O)O)C1(C)C. The molecule has 1 saturated carbocycles. The smallest absolute Gasteiger partial charge is 0.307 e. The van der Waals surface area contributed by atoms with Crippen LogP contribution in [-0.2, 0) is 4.79 Å². The number of likely N-dealkylation sites (tertiary alicyclic amines) is 1. The molecule has 2 fully saturated rings. The summed E-state index contributed by atoms with van der Waals surface area (Å²) < 4.78 is 0. The molecule has 2 rings (SSSR count). The average molecular weight is 211 g/mol. The molecule has 2 aliphatic rings. The summed E-state index contributed by atoms with van der Waals surface area (Å²) in [7, 11) is 2.16. The Morgan fingerprint density at radius 3 is 2.60 bits per heavy atom.